The van der Waals surface area contributed by atoms with Gasteiger partial charge in [0.25, 0.3) is 5.91 Å². The van der Waals surface area contributed by atoms with Gasteiger partial charge in [0.2, 0.25) is 0 Å². The Morgan fingerprint density at radius 2 is 1.94 bits per heavy atom. The number of rotatable bonds is 2. The van der Waals surface area contributed by atoms with Crippen molar-refractivity contribution in [1.82, 2.24) is 4.90 Å². The number of nitrogens with zero attached hydrogens (tertiary/aromatic N) is 1. The fourth-order valence-corrected chi connectivity index (χ4v) is 2.69. The molecule has 2 rings (SSSR count). The summed E-state index contributed by atoms with van der Waals surface area (Å²) in [6.07, 6.45) is 5.84. The molecule has 18 heavy (non-hydrogen) atoms. The summed E-state index contributed by atoms with van der Waals surface area (Å²) in [5.74, 6) is -0.274. The van der Waals surface area contributed by atoms with Crippen LogP contribution in [0.1, 0.15) is 48.0 Å². The predicted molar refractivity (Wildman–Crippen MR) is 70.1 cm³/mol. The molecule has 1 fully saturated rings. The van der Waals surface area contributed by atoms with Gasteiger partial charge in [-0.1, -0.05) is 19.3 Å². The van der Waals surface area contributed by atoms with E-state index >= 15 is 0 Å². The monoisotopic (exact) mass is 249 g/mol. The normalized spacial score (nSPS) is 16.6. The van der Waals surface area contributed by atoms with Gasteiger partial charge < -0.3 is 4.90 Å². The number of amides is 1. The molecule has 1 saturated carbocycles. The lowest BCUT2D eigenvalue weighted by Crippen LogP contribution is -2.38. The van der Waals surface area contributed by atoms with Gasteiger partial charge in [-0.25, -0.2) is 4.39 Å². The van der Waals surface area contributed by atoms with Crippen molar-refractivity contribution in [2.45, 2.75) is 45.1 Å². The summed E-state index contributed by atoms with van der Waals surface area (Å²) >= 11 is 0. The molecule has 3 heteroatoms. The summed E-state index contributed by atoms with van der Waals surface area (Å²) in [7, 11) is 1.86. The summed E-state index contributed by atoms with van der Waals surface area (Å²) in [5, 5.41) is 0. The minimum atomic E-state index is -0.288. The van der Waals surface area contributed by atoms with E-state index in [4.69, 9.17) is 0 Å². The second-order valence-corrected chi connectivity index (χ2v) is 5.17. The first-order valence-electron chi connectivity index (χ1n) is 6.63. The quantitative estimate of drug-likeness (QED) is 0.785. The van der Waals surface area contributed by atoms with Crippen LogP contribution >= 0.6 is 0 Å². The molecule has 1 aromatic rings. The Hall–Kier alpha value is -1.38. The summed E-state index contributed by atoms with van der Waals surface area (Å²) < 4.78 is 13.0. The molecule has 2 nitrogen and oxygen atoms in total. The lowest BCUT2D eigenvalue weighted by molar-refractivity contribution is 0.0695. The van der Waals surface area contributed by atoms with Crippen LogP contribution in [-0.4, -0.2) is 23.9 Å². The Morgan fingerprint density at radius 3 is 2.56 bits per heavy atom. The van der Waals surface area contributed by atoms with Crippen molar-refractivity contribution in [2.75, 3.05) is 7.05 Å². The number of halogens is 1. The fourth-order valence-electron chi connectivity index (χ4n) is 2.69. The average Bonchev–Trinajstić information content (AvgIpc) is 2.38. The summed E-state index contributed by atoms with van der Waals surface area (Å²) in [5.41, 5.74) is 1.33. The van der Waals surface area contributed by atoms with Gasteiger partial charge in [-0.3, -0.25) is 4.79 Å². The van der Waals surface area contributed by atoms with Gasteiger partial charge in [0, 0.05) is 18.7 Å². The van der Waals surface area contributed by atoms with E-state index in [2.05, 4.69) is 0 Å². The van der Waals surface area contributed by atoms with Gasteiger partial charge in [0.05, 0.1) is 0 Å². The van der Waals surface area contributed by atoms with Crippen molar-refractivity contribution in [1.29, 1.82) is 0 Å². The third-order valence-electron chi connectivity index (χ3n) is 3.86. The van der Waals surface area contributed by atoms with Gasteiger partial charge in [0.15, 0.2) is 0 Å². The van der Waals surface area contributed by atoms with E-state index in [9.17, 15) is 9.18 Å². The van der Waals surface area contributed by atoms with Crippen LogP contribution in [0.2, 0.25) is 0 Å². The van der Waals surface area contributed by atoms with Crippen LogP contribution in [0.25, 0.3) is 0 Å². The number of hydrogen-bond donors (Lipinski definition) is 0. The van der Waals surface area contributed by atoms with Crippen molar-refractivity contribution in [3.05, 3.63) is 35.1 Å². The second-order valence-electron chi connectivity index (χ2n) is 5.17. The molecule has 0 bridgehead atoms. The third-order valence-corrected chi connectivity index (χ3v) is 3.86. The number of carbonyl (C=O) groups is 1. The third kappa shape index (κ3) is 2.71. The fraction of sp³-hybridized carbons (Fsp3) is 0.533. The molecule has 0 unspecified atom stereocenters. The van der Waals surface area contributed by atoms with E-state index in [0.717, 1.165) is 12.8 Å². The maximum Gasteiger partial charge on any atom is 0.254 e. The van der Waals surface area contributed by atoms with Crippen LogP contribution in [0.3, 0.4) is 0 Å². The minimum Gasteiger partial charge on any atom is -0.339 e. The van der Waals surface area contributed by atoms with Gasteiger partial charge >= 0.3 is 0 Å². The molecule has 98 valence electrons. The van der Waals surface area contributed by atoms with Gasteiger partial charge in [-0.2, -0.15) is 0 Å². The molecule has 0 spiro atoms. The highest BCUT2D eigenvalue weighted by atomic mass is 19.1. The molecule has 0 N–H and O–H groups in total. The molecule has 0 heterocycles. The summed E-state index contributed by atoms with van der Waals surface area (Å²) in [4.78, 5) is 14.2. The second kappa shape index (κ2) is 5.51. The first kappa shape index (κ1) is 13.1. The van der Waals surface area contributed by atoms with Gasteiger partial charge in [0.1, 0.15) is 5.82 Å². The van der Waals surface area contributed by atoms with Gasteiger partial charge in [-0.05, 0) is 43.5 Å². The molecule has 1 aliphatic rings. The number of carbonyl (C=O) groups excluding carboxylic acids is 1. The van der Waals surface area contributed by atoms with Crippen LogP contribution in [0.4, 0.5) is 4.39 Å². The highest BCUT2D eigenvalue weighted by Gasteiger charge is 2.23. The molecule has 0 aliphatic heterocycles. The molecule has 1 aromatic carbocycles. The summed E-state index contributed by atoms with van der Waals surface area (Å²) in [6, 6.07) is 4.71. The molecule has 1 amide bonds. The molecule has 0 radical (unpaired) electrons. The zero-order chi connectivity index (χ0) is 13.1. The van der Waals surface area contributed by atoms with Crippen LogP contribution in [0, 0.1) is 12.7 Å². The SMILES string of the molecule is Cc1cc(F)ccc1C(=O)N(C)C1CCCCC1. The largest absolute Gasteiger partial charge is 0.339 e. The van der Waals surface area contributed by atoms with Gasteiger partial charge in [-0.15, -0.1) is 0 Å². The molecule has 1 aliphatic carbocycles. The Labute approximate surface area is 108 Å². The van der Waals surface area contributed by atoms with Crippen molar-refractivity contribution < 1.29 is 9.18 Å². The maximum absolute atomic E-state index is 13.0. The van der Waals surface area contributed by atoms with Crippen LogP contribution in [0.5, 0.6) is 0 Å². The summed E-state index contributed by atoms with van der Waals surface area (Å²) in [6.45, 7) is 1.78. The lowest BCUT2D eigenvalue weighted by atomic mass is 9.94. The highest BCUT2D eigenvalue weighted by Crippen LogP contribution is 2.23. The molecule has 0 saturated heterocycles. The molecule has 0 atom stereocenters. The van der Waals surface area contributed by atoms with Crippen molar-refractivity contribution in [2.24, 2.45) is 0 Å². The number of hydrogen-bond acceptors (Lipinski definition) is 1. The van der Waals surface area contributed by atoms with Crippen LogP contribution < -0.4 is 0 Å². The minimum absolute atomic E-state index is 0.0133. The first-order chi connectivity index (χ1) is 8.59. The smallest absolute Gasteiger partial charge is 0.254 e. The molecular formula is C15H20FNO. The van der Waals surface area contributed by atoms with E-state index in [1.54, 1.807) is 13.0 Å². The average molecular weight is 249 g/mol. The van der Waals surface area contributed by atoms with E-state index < -0.39 is 0 Å². The van der Waals surface area contributed by atoms with Crippen molar-refractivity contribution >= 4 is 5.91 Å². The van der Waals surface area contributed by atoms with E-state index in [-0.39, 0.29) is 11.7 Å². The molecule has 0 aromatic heterocycles. The number of benzene rings is 1. The number of aryl methyl sites for hydroxylation is 1. The Morgan fingerprint density at radius 1 is 1.28 bits per heavy atom. The first-order valence-corrected chi connectivity index (χ1v) is 6.63. The highest BCUT2D eigenvalue weighted by molar-refractivity contribution is 5.95. The van der Waals surface area contributed by atoms with Crippen LogP contribution in [0.15, 0.2) is 18.2 Å². The predicted octanol–water partition coefficient (Wildman–Crippen LogP) is 3.54. The maximum atomic E-state index is 13.0. The lowest BCUT2D eigenvalue weighted by Gasteiger charge is -2.31. The van der Waals surface area contributed by atoms with Crippen LogP contribution in [-0.2, 0) is 0 Å². The van der Waals surface area contributed by atoms with Crippen molar-refractivity contribution in [3.63, 3.8) is 0 Å². The van der Waals surface area contributed by atoms with E-state index in [1.165, 1.54) is 31.4 Å². The Bertz CT molecular complexity index is 438. The zero-order valence-corrected chi connectivity index (χ0v) is 11.1. The zero-order valence-electron chi connectivity index (χ0n) is 11.1. The molecular weight excluding hydrogens is 229 g/mol. The standard InChI is InChI=1S/C15H20FNO/c1-11-10-12(16)8-9-14(11)15(18)17(2)13-6-4-3-5-7-13/h8-10,13H,3-7H2,1-2H3. The van der Waals surface area contributed by atoms with E-state index in [1.807, 2.05) is 11.9 Å². The topological polar surface area (TPSA) is 20.3 Å². The Balaban J connectivity index is 2.14. The Kier molecular flexibility index (Phi) is 4.00. The van der Waals surface area contributed by atoms with Crippen molar-refractivity contribution in [3.8, 4) is 0 Å². The van der Waals surface area contributed by atoms with E-state index in [0.29, 0.717) is 17.2 Å².